The van der Waals surface area contributed by atoms with Crippen LogP contribution in [0, 0.1) is 5.82 Å². The Kier molecular flexibility index (Phi) is 5.35. The van der Waals surface area contributed by atoms with Crippen LogP contribution in [-0.2, 0) is 14.8 Å². The minimum absolute atomic E-state index is 0.192. The van der Waals surface area contributed by atoms with Crippen molar-refractivity contribution < 1.29 is 22.4 Å². The molecule has 0 fully saturated rings. The van der Waals surface area contributed by atoms with Crippen LogP contribution in [0.25, 0.3) is 0 Å². The van der Waals surface area contributed by atoms with Crippen molar-refractivity contribution in [1.29, 1.82) is 0 Å². The van der Waals surface area contributed by atoms with Crippen molar-refractivity contribution in [3.63, 3.8) is 0 Å². The van der Waals surface area contributed by atoms with Gasteiger partial charge in [-0.05, 0) is 42.5 Å². The molecular weight excluding hydrogens is 403 g/mol. The van der Waals surface area contributed by atoms with Gasteiger partial charge in [-0.2, -0.15) is 0 Å². The van der Waals surface area contributed by atoms with Crippen molar-refractivity contribution in [3.8, 4) is 0 Å². The van der Waals surface area contributed by atoms with E-state index in [0.717, 1.165) is 6.07 Å². The highest BCUT2D eigenvalue weighted by Gasteiger charge is 2.21. The van der Waals surface area contributed by atoms with Crippen LogP contribution in [0.4, 0.5) is 10.1 Å². The Bertz CT molecular complexity index is 898. The fourth-order valence-electron chi connectivity index (χ4n) is 1.83. The molecule has 0 radical (unpaired) electrons. The number of amides is 2. The van der Waals surface area contributed by atoms with Gasteiger partial charge < -0.3 is 5.32 Å². The summed E-state index contributed by atoms with van der Waals surface area (Å²) in [6.07, 6.45) is 0. The summed E-state index contributed by atoms with van der Waals surface area (Å²) in [6, 6.07) is 8.85. The van der Waals surface area contributed by atoms with Gasteiger partial charge in [0.15, 0.2) is 0 Å². The molecule has 2 N–H and O–H groups in total. The van der Waals surface area contributed by atoms with E-state index < -0.39 is 27.3 Å². The van der Waals surface area contributed by atoms with E-state index in [9.17, 15) is 22.4 Å². The van der Waals surface area contributed by atoms with E-state index in [1.807, 2.05) is 0 Å². The van der Waals surface area contributed by atoms with Gasteiger partial charge in [0.25, 0.3) is 15.9 Å². The molecule has 0 bridgehead atoms. The van der Waals surface area contributed by atoms with Crippen molar-refractivity contribution >= 4 is 43.5 Å². The minimum Gasteiger partial charge on any atom is -0.326 e. The molecule has 0 aliphatic carbocycles. The lowest BCUT2D eigenvalue weighted by molar-refractivity contribution is -0.114. The van der Waals surface area contributed by atoms with Gasteiger partial charge in [-0.3, -0.25) is 9.59 Å². The third kappa shape index (κ3) is 4.39. The van der Waals surface area contributed by atoms with Gasteiger partial charge in [-0.1, -0.05) is 15.9 Å². The smallest absolute Gasteiger partial charge is 0.267 e. The summed E-state index contributed by atoms with van der Waals surface area (Å²) >= 11 is 3.05. The number of sulfonamides is 1. The van der Waals surface area contributed by atoms with Gasteiger partial charge >= 0.3 is 0 Å². The molecule has 0 aliphatic heterocycles. The number of anilines is 1. The maximum atomic E-state index is 13.7. The Morgan fingerprint density at radius 1 is 1.08 bits per heavy atom. The van der Waals surface area contributed by atoms with E-state index in [1.54, 1.807) is 4.72 Å². The molecule has 24 heavy (non-hydrogen) atoms. The number of hydrogen-bond donors (Lipinski definition) is 2. The molecule has 2 aromatic carbocycles. The number of halogens is 2. The number of carbonyl (C=O) groups excluding carboxylic acids is 2. The van der Waals surface area contributed by atoms with Crippen LogP contribution in [0.1, 0.15) is 17.3 Å². The number of rotatable bonds is 4. The quantitative estimate of drug-likeness (QED) is 0.803. The Labute approximate surface area is 146 Å². The Morgan fingerprint density at radius 2 is 1.71 bits per heavy atom. The molecule has 126 valence electrons. The van der Waals surface area contributed by atoms with E-state index >= 15 is 0 Å². The maximum absolute atomic E-state index is 13.7. The summed E-state index contributed by atoms with van der Waals surface area (Å²) in [5, 5.41) is 2.49. The predicted molar refractivity (Wildman–Crippen MR) is 89.5 cm³/mol. The van der Waals surface area contributed by atoms with Crippen LogP contribution in [0.2, 0.25) is 0 Å². The topological polar surface area (TPSA) is 92.3 Å². The number of carbonyl (C=O) groups is 2. The summed E-state index contributed by atoms with van der Waals surface area (Å²) in [6.45, 7) is 1.32. The van der Waals surface area contributed by atoms with Crippen molar-refractivity contribution in [2.45, 2.75) is 11.8 Å². The van der Waals surface area contributed by atoms with Crippen LogP contribution >= 0.6 is 15.9 Å². The van der Waals surface area contributed by atoms with Crippen molar-refractivity contribution in [2.24, 2.45) is 0 Å². The lowest BCUT2D eigenvalue weighted by Gasteiger charge is -2.09. The van der Waals surface area contributed by atoms with Crippen LogP contribution in [-0.4, -0.2) is 20.2 Å². The third-order valence-electron chi connectivity index (χ3n) is 2.89. The van der Waals surface area contributed by atoms with Crippen LogP contribution in [0.15, 0.2) is 51.8 Å². The second-order valence-electron chi connectivity index (χ2n) is 4.76. The second kappa shape index (κ2) is 7.10. The third-order valence-corrected chi connectivity index (χ3v) is 4.73. The first-order valence-electron chi connectivity index (χ1n) is 6.59. The standard InChI is InChI=1S/C15H12BrFN2O4S/c1-9(20)18-11-3-5-12(6-4-11)24(22,23)19-15(21)13-7-2-10(16)8-14(13)17/h2-8H,1H3,(H,18,20)(H,19,21). The molecule has 0 aliphatic rings. The van der Waals surface area contributed by atoms with Gasteiger partial charge in [-0.25, -0.2) is 17.5 Å². The fourth-order valence-corrected chi connectivity index (χ4v) is 3.13. The average Bonchev–Trinajstić information content (AvgIpc) is 2.46. The first-order valence-corrected chi connectivity index (χ1v) is 8.86. The van der Waals surface area contributed by atoms with Gasteiger partial charge in [0.05, 0.1) is 10.5 Å². The summed E-state index contributed by atoms with van der Waals surface area (Å²) in [7, 11) is -4.17. The molecule has 0 aromatic heterocycles. The maximum Gasteiger partial charge on any atom is 0.267 e. The van der Waals surface area contributed by atoms with Gasteiger partial charge in [0.1, 0.15) is 5.82 Å². The summed E-state index contributed by atoms with van der Waals surface area (Å²) in [4.78, 5) is 22.7. The molecule has 2 rings (SSSR count). The highest BCUT2D eigenvalue weighted by Crippen LogP contribution is 2.17. The number of nitrogens with one attached hydrogen (secondary N) is 2. The largest absolute Gasteiger partial charge is 0.326 e. The molecular formula is C15H12BrFN2O4S. The van der Waals surface area contributed by atoms with Gasteiger partial charge in [0.2, 0.25) is 5.91 Å². The fraction of sp³-hybridized carbons (Fsp3) is 0.0667. The molecule has 9 heteroatoms. The van der Waals surface area contributed by atoms with Crippen molar-refractivity contribution in [3.05, 3.63) is 58.3 Å². The molecule has 0 atom stereocenters. The molecule has 2 amide bonds. The average molecular weight is 415 g/mol. The van der Waals surface area contributed by atoms with E-state index in [0.29, 0.717) is 10.2 Å². The van der Waals surface area contributed by atoms with Crippen molar-refractivity contribution in [2.75, 3.05) is 5.32 Å². The van der Waals surface area contributed by atoms with E-state index in [4.69, 9.17) is 0 Å². The molecule has 2 aromatic rings. The first-order chi connectivity index (χ1) is 11.2. The SMILES string of the molecule is CC(=O)Nc1ccc(S(=O)(=O)NC(=O)c2ccc(Br)cc2F)cc1. The second-order valence-corrected chi connectivity index (χ2v) is 7.36. The number of hydrogen-bond acceptors (Lipinski definition) is 4. The lowest BCUT2D eigenvalue weighted by atomic mass is 10.2. The molecule has 0 unspecified atom stereocenters. The monoisotopic (exact) mass is 414 g/mol. The number of benzene rings is 2. The van der Waals surface area contributed by atoms with Crippen LogP contribution in [0.3, 0.4) is 0 Å². The Balaban J connectivity index is 2.21. The molecule has 0 spiro atoms. The zero-order valence-corrected chi connectivity index (χ0v) is 14.7. The molecule has 0 heterocycles. The first kappa shape index (κ1) is 18.1. The lowest BCUT2D eigenvalue weighted by Crippen LogP contribution is -2.31. The normalized spacial score (nSPS) is 11.0. The van der Waals surface area contributed by atoms with Crippen molar-refractivity contribution in [1.82, 2.24) is 4.72 Å². The van der Waals surface area contributed by atoms with Crippen LogP contribution < -0.4 is 10.0 Å². The minimum atomic E-state index is -4.17. The van der Waals surface area contributed by atoms with Gasteiger partial charge in [-0.15, -0.1) is 0 Å². The predicted octanol–water partition coefficient (Wildman–Crippen LogP) is 2.67. The van der Waals surface area contributed by atoms with E-state index in [1.165, 1.54) is 43.3 Å². The van der Waals surface area contributed by atoms with Gasteiger partial charge in [0, 0.05) is 17.1 Å². The zero-order chi connectivity index (χ0) is 17.9. The highest BCUT2D eigenvalue weighted by atomic mass is 79.9. The Hall–Kier alpha value is -2.26. The molecule has 0 saturated heterocycles. The van der Waals surface area contributed by atoms with E-state index in [2.05, 4.69) is 21.2 Å². The molecule has 0 saturated carbocycles. The van der Waals surface area contributed by atoms with Crippen LogP contribution in [0.5, 0.6) is 0 Å². The summed E-state index contributed by atoms with van der Waals surface area (Å²) < 4.78 is 40.3. The summed E-state index contributed by atoms with van der Waals surface area (Å²) in [5.41, 5.74) is 0.0170. The Morgan fingerprint density at radius 3 is 2.25 bits per heavy atom. The highest BCUT2D eigenvalue weighted by molar-refractivity contribution is 9.10. The summed E-state index contributed by atoms with van der Waals surface area (Å²) in [5.74, 6) is -2.23. The van der Waals surface area contributed by atoms with E-state index in [-0.39, 0.29) is 10.8 Å². The molecule has 6 nitrogen and oxygen atoms in total. The zero-order valence-electron chi connectivity index (χ0n) is 12.3.